The molecule has 1 amide bonds. The Morgan fingerprint density at radius 2 is 1.88 bits per heavy atom. The second kappa shape index (κ2) is 9.34. The topological polar surface area (TPSA) is 68.1 Å². The van der Waals surface area contributed by atoms with E-state index in [0.717, 1.165) is 5.69 Å². The fourth-order valence-corrected chi connectivity index (χ4v) is 3.57. The number of aromatic nitrogens is 3. The van der Waals surface area contributed by atoms with Crippen molar-refractivity contribution in [1.82, 2.24) is 19.4 Å². The molecule has 8 heteroatoms. The number of benzene rings is 2. The highest BCUT2D eigenvalue weighted by Gasteiger charge is 2.14. The Bertz CT molecular complexity index is 1450. The number of amides is 1. The number of hydrogen-bond acceptors (Lipinski definition) is 4. The van der Waals surface area contributed by atoms with Crippen molar-refractivity contribution in [1.29, 1.82) is 0 Å². The fourth-order valence-electron chi connectivity index (χ4n) is 3.35. The number of para-hydroxylation sites is 1. The minimum Gasteiger partial charge on any atom is -0.340 e. The summed E-state index contributed by atoms with van der Waals surface area (Å²) in [5.74, 6) is -0.259. The molecule has 2 aromatic heterocycles. The molecular formula is C25H20ClFN4O2. The maximum atomic E-state index is 13.8. The molecule has 6 nitrogen and oxygen atoms in total. The molecular weight excluding hydrogens is 443 g/mol. The van der Waals surface area contributed by atoms with Crippen molar-refractivity contribution in [2.45, 2.75) is 13.5 Å². The summed E-state index contributed by atoms with van der Waals surface area (Å²) in [5.41, 5.74) is 1.72. The molecule has 0 bridgehead atoms. The highest BCUT2D eigenvalue weighted by atomic mass is 35.5. The van der Waals surface area contributed by atoms with Crippen LogP contribution in [0, 0.1) is 5.82 Å². The molecule has 166 valence electrons. The third kappa shape index (κ3) is 4.83. The van der Waals surface area contributed by atoms with E-state index >= 15 is 0 Å². The zero-order valence-electron chi connectivity index (χ0n) is 18.0. The lowest BCUT2D eigenvalue weighted by molar-refractivity contribution is -0.128. The van der Waals surface area contributed by atoms with E-state index in [2.05, 4.69) is 9.97 Å². The Kier molecular flexibility index (Phi) is 6.33. The van der Waals surface area contributed by atoms with Crippen LogP contribution in [0.1, 0.15) is 24.1 Å². The highest BCUT2D eigenvalue weighted by molar-refractivity contribution is 6.32. The molecule has 2 aromatic carbocycles. The van der Waals surface area contributed by atoms with E-state index in [1.807, 2.05) is 18.2 Å². The van der Waals surface area contributed by atoms with Gasteiger partial charge in [0.05, 0.1) is 39.5 Å². The Morgan fingerprint density at radius 3 is 2.64 bits per heavy atom. The summed E-state index contributed by atoms with van der Waals surface area (Å²) >= 11 is 6.37. The lowest BCUT2D eigenvalue weighted by atomic mass is 10.2. The molecule has 0 saturated heterocycles. The van der Waals surface area contributed by atoms with Crippen LogP contribution in [0.2, 0.25) is 5.02 Å². The summed E-state index contributed by atoms with van der Waals surface area (Å²) in [7, 11) is 1.71. The van der Waals surface area contributed by atoms with Gasteiger partial charge in [0, 0.05) is 14.0 Å². The molecule has 0 atom stereocenters. The number of pyridine rings is 1. The molecule has 33 heavy (non-hydrogen) atoms. The largest absolute Gasteiger partial charge is 0.340 e. The molecule has 4 aromatic rings. The van der Waals surface area contributed by atoms with Crippen molar-refractivity contribution in [3.8, 4) is 5.69 Å². The molecule has 0 fully saturated rings. The molecule has 4 rings (SSSR count). The van der Waals surface area contributed by atoms with E-state index < -0.39 is 11.4 Å². The first-order chi connectivity index (χ1) is 15.8. The van der Waals surface area contributed by atoms with E-state index in [1.54, 1.807) is 48.4 Å². The van der Waals surface area contributed by atoms with Crippen LogP contribution in [0.15, 0.2) is 65.5 Å². The summed E-state index contributed by atoms with van der Waals surface area (Å²) in [5, 5.41) is 0.513. The first-order valence-electron chi connectivity index (χ1n) is 10.2. The standard InChI is InChI=1S/C25H20ClFN4O2/c1-16(32)30(2)15-19-7-5-6-18(28-19)11-13-24-29-22-12-10-17(27)14-20(22)25(33)31(24)23-9-4-3-8-21(23)26/h3-14H,15H2,1-2H3/b13-11+. The van der Waals surface area contributed by atoms with E-state index in [0.29, 0.717) is 34.3 Å². The fraction of sp³-hybridized carbons (Fsp3) is 0.120. The lowest BCUT2D eigenvalue weighted by Crippen LogP contribution is -2.23. The van der Waals surface area contributed by atoms with Gasteiger partial charge in [-0.1, -0.05) is 29.8 Å². The number of fused-ring (bicyclic) bond motifs is 1. The number of hydrogen-bond donors (Lipinski definition) is 0. The Morgan fingerprint density at radius 1 is 1.09 bits per heavy atom. The zero-order valence-corrected chi connectivity index (χ0v) is 18.8. The van der Waals surface area contributed by atoms with Crippen LogP contribution in [0.25, 0.3) is 28.7 Å². The van der Waals surface area contributed by atoms with Crippen molar-refractivity contribution in [2.75, 3.05) is 7.05 Å². The summed E-state index contributed by atoms with van der Waals surface area (Å²) in [6, 6.07) is 16.3. The predicted molar refractivity (Wildman–Crippen MR) is 128 cm³/mol. The summed E-state index contributed by atoms with van der Waals surface area (Å²) in [6.07, 6.45) is 3.38. The number of halogens is 2. The summed E-state index contributed by atoms with van der Waals surface area (Å²) < 4.78 is 15.2. The van der Waals surface area contributed by atoms with Crippen molar-refractivity contribution >= 4 is 40.6 Å². The SMILES string of the molecule is CC(=O)N(C)Cc1cccc(/C=C/c2nc3ccc(F)cc3c(=O)n2-c2ccccc2Cl)n1. The van der Waals surface area contributed by atoms with Crippen molar-refractivity contribution in [2.24, 2.45) is 0 Å². The number of carbonyl (C=O) groups is 1. The van der Waals surface area contributed by atoms with Gasteiger partial charge in [0.25, 0.3) is 5.56 Å². The normalized spacial score (nSPS) is 11.3. The van der Waals surface area contributed by atoms with Crippen LogP contribution < -0.4 is 5.56 Å². The smallest absolute Gasteiger partial charge is 0.266 e. The average molecular weight is 463 g/mol. The Balaban J connectivity index is 1.83. The minimum atomic E-state index is -0.521. The predicted octanol–water partition coefficient (Wildman–Crippen LogP) is 4.72. The first-order valence-corrected chi connectivity index (χ1v) is 10.5. The van der Waals surface area contributed by atoms with Crippen LogP contribution in [-0.2, 0) is 11.3 Å². The van der Waals surface area contributed by atoms with Crippen LogP contribution in [0.4, 0.5) is 4.39 Å². The average Bonchev–Trinajstić information content (AvgIpc) is 2.79. The highest BCUT2D eigenvalue weighted by Crippen LogP contribution is 2.22. The van der Waals surface area contributed by atoms with E-state index in [9.17, 15) is 14.0 Å². The molecule has 0 saturated carbocycles. The van der Waals surface area contributed by atoms with Gasteiger partial charge in [-0.25, -0.2) is 9.37 Å². The van der Waals surface area contributed by atoms with Gasteiger partial charge < -0.3 is 4.90 Å². The maximum Gasteiger partial charge on any atom is 0.266 e. The van der Waals surface area contributed by atoms with Crippen molar-refractivity contribution in [3.05, 3.63) is 99.1 Å². The van der Waals surface area contributed by atoms with Crippen molar-refractivity contribution in [3.63, 3.8) is 0 Å². The molecule has 0 spiro atoms. The van der Waals surface area contributed by atoms with Gasteiger partial charge >= 0.3 is 0 Å². The number of nitrogens with zero attached hydrogens (tertiary/aromatic N) is 4. The van der Waals surface area contributed by atoms with Crippen LogP contribution in [-0.4, -0.2) is 32.4 Å². The monoisotopic (exact) mass is 462 g/mol. The van der Waals surface area contributed by atoms with E-state index in [4.69, 9.17) is 11.6 Å². The van der Waals surface area contributed by atoms with Gasteiger partial charge in [-0.3, -0.25) is 19.1 Å². The first kappa shape index (κ1) is 22.4. The third-order valence-electron chi connectivity index (χ3n) is 5.12. The second-order valence-electron chi connectivity index (χ2n) is 7.49. The maximum absolute atomic E-state index is 13.8. The van der Waals surface area contributed by atoms with Gasteiger partial charge in [-0.05, 0) is 54.6 Å². The molecule has 0 aliphatic rings. The van der Waals surface area contributed by atoms with Gasteiger partial charge in [0.1, 0.15) is 11.6 Å². The third-order valence-corrected chi connectivity index (χ3v) is 5.44. The van der Waals surface area contributed by atoms with Crippen molar-refractivity contribution < 1.29 is 9.18 Å². The van der Waals surface area contributed by atoms with Gasteiger partial charge in [-0.2, -0.15) is 0 Å². The molecule has 0 radical (unpaired) electrons. The molecule has 0 aliphatic carbocycles. The summed E-state index contributed by atoms with van der Waals surface area (Å²) in [6.45, 7) is 1.87. The number of rotatable bonds is 5. The Labute approximate surface area is 194 Å². The lowest BCUT2D eigenvalue weighted by Gasteiger charge is -2.14. The van der Waals surface area contributed by atoms with Crippen LogP contribution >= 0.6 is 11.6 Å². The van der Waals surface area contributed by atoms with E-state index in [-0.39, 0.29) is 11.3 Å². The van der Waals surface area contributed by atoms with Crippen LogP contribution in [0.3, 0.4) is 0 Å². The van der Waals surface area contributed by atoms with Crippen LogP contribution in [0.5, 0.6) is 0 Å². The Hall–Kier alpha value is -3.84. The zero-order chi connectivity index (χ0) is 23.5. The molecule has 0 unspecified atom stereocenters. The summed E-state index contributed by atoms with van der Waals surface area (Å²) in [4.78, 5) is 35.5. The molecule has 0 aliphatic heterocycles. The quantitative estimate of drug-likeness (QED) is 0.430. The van der Waals surface area contributed by atoms with Gasteiger partial charge in [0.15, 0.2) is 0 Å². The van der Waals surface area contributed by atoms with Gasteiger partial charge in [0.2, 0.25) is 5.91 Å². The van der Waals surface area contributed by atoms with E-state index in [1.165, 1.54) is 29.7 Å². The number of carbonyl (C=O) groups excluding carboxylic acids is 1. The second-order valence-corrected chi connectivity index (χ2v) is 7.89. The minimum absolute atomic E-state index is 0.0571. The molecule has 2 heterocycles. The molecule has 0 N–H and O–H groups in total. The van der Waals surface area contributed by atoms with Gasteiger partial charge in [-0.15, -0.1) is 0 Å².